The third-order valence-corrected chi connectivity index (χ3v) is 12.4. The summed E-state index contributed by atoms with van der Waals surface area (Å²) < 4.78 is 11.7. The molecule has 4 nitrogen and oxygen atoms in total. The third-order valence-electron chi connectivity index (χ3n) is 11.2. The fourth-order valence-electron chi connectivity index (χ4n) is 8.97. The van der Waals surface area contributed by atoms with Gasteiger partial charge in [-0.15, -0.1) is 11.3 Å². The molecule has 0 radical (unpaired) electrons. The number of rotatable bonds is 2. The van der Waals surface area contributed by atoms with Crippen LogP contribution in [0.2, 0.25) is 0 Å². The summed E-state index contributed by atoms with van der Waals surface area (Å²) in [7, 11) is 2.20. The molecule has 52 heavy (non-hydrogen) atoms. The standard InChI is InChI=1S/C47H29N3OS/c1-49-43(29-24-25-31-28(26-29)23-22-27-12-2-3-13-30(27)31)42-35-17-7-10-20-38(35)51-46(42)48-47(49)50-37-19-9-6-16-34(37)40-32-14-4-5-15-33(32)45-41(44(40)50)36-18-8-11-21-39(36)52-45/h2-26,47H,1H3. The van der Waals surface area contributed by atoms with Crippen LogP contribution in [-0.4, -0.2) is 16.5 Å². The SMILES string of the molecule is CN1C(c2ccc3c(ccc4ccccc43)c2)=c2c(oc3ccccc23)=NC1n1c2ccccc2c2c3ccccc3c3sc4ccccc4c3c21. The quantitative estimate of drug-likeness (QED) is 0.170. The van der Waals surface area contributed by atoms with Gasteiger partial charge in [0.1, 0.15) is 5.58 Å². The van der Waals surface area contributed by atoms with Crippen molar-refractivity contribution in [1.29, 1.82) is 0 Å². The van der Waals surface area contributed by atoms with E-state index in [1.54, 1.807) is 0 Å². The van der Waals surface area contributed by atoms with Crippen LogP contribution < -0.4 is 10.8 Å². The number of aromatic nitrogens is 1. The summed E-state index contributed by atoms with van der Waals surface area (Å²) in [6.07, 6.45) is -0.416. The molecule has 8 aromatic carbocycles. The van der Waals surface area contributed by atoms with Crippen molar-refractivity contribution in [2.75, 3.05) is 7.05 Å². The molecule has 0 saturated heterocycles. The molecule has 0 spiro atoms. The molecule has 0 bridgehead atoms. The first-order chi connectivity index (χ1) is 25.7. The van der Waals surface area contributed by atoms with Crippen LogP contribution in [0.25, 0.3) is 91.0 Å². The lowest BCUT2D eigenvalue weighted by Gasteiger charge is -2.33. The zero-order chi connectivity index (χ0) is 34.1. The molecule has 1 atom stereocenters. The van der Waals surface area contributed by atoms with Gasteiger partial charge in [-0.2, -0.15) is 0 Å². The molecule has 1 aliphatic heterocycles. The molecule has 5 heteroatoms. The molecule has 0 amide bonds. The maximum Gasteiger partial charge on any atom is 0.228 e. The number of nitrogens with zero attached hydrogens (tertiary/aromatic N) is 3. The molecule has 4 heterocycles. The van der Waals surface area contributed by atoms with Crippen molar-refractivity contribution in [2.45, 2.75) is 6.29 Å². The van der Waals surface area contributed by atoms with Gasteiger partial charge in [0.15, 0.2) is 0 Å². The summed E-state index contributed by atoms with van der Waals surface area (Å²) in [5.41, 5.74) is 6.10. The van der Waals surface area contributed by atoms with Gasteiger partial charge in [-0.3, -0.25) is 4.57 Å². The van der Waals surface area contributed by atoms with Crippen molar-refractivity contribution in [3.05, 3.63) is 168 Å². The molecule has 244 valence electrons. The fraction of sp³-hybridized carbons (Fsp3) is 0.0426. The lowest BCUT2D eigenvalue weighted by molar-refractivity contribution is 0.260. The van der Waals surface area contributed by atoms with Gasteiger partial charge in [0.05, 0.1) is 21.9 Å². The smallest absolute Gasteiger partial charge is 0.228 e. The summed E-state index contributed by atoms with van der Waals surface area (Å²) in [6.45, 7) is 0. The Morgan fingerprint density at radius 2 is 1.25 bits per heavy atom. The molecule has 0 N–H and O–H groups in total. The Bertz CT molecular complexity index is 3460. The minimum absolute atomic E-state index is 0.416. The molecule has 0 fully saturated rings. The van der Waals surface area contributed by atoms with Crippen molar-refractivity contribution in [3.8, 4) is 0 Å². The Balaban J connectivity index is 1.22. The molecule has 11 aromatic rings. The van der Waals surface area contributed by atoms with E-state index in [1.165, 1.54) is 68.8 Å². The van der Waals surface area contributed by atoms with Gasteiger partial charge in [-0.05, 0) is 56.8 Å². The Labute approximate surface area is 301 Å². The van der Waals surface area contributed by atoms with Gasteiger partial charge >= 0.3 is 0 Å². The summed E-state index contributed by atoms with van der Waals surface area (Å²) in [5, 5.41) is 14.7. The van der Waals surface area contributed by atoms with Crippen LogP contribution in [0.4, 0.5) is 0 Å². The van der Waals surface area contributed by atoms with E-state index in [4.69, 9.17) is 9.41 Å². The van der Waals surface area contributed by atoms with Gasteiger partial charge in [0.25, 0.3) is 0 Å². The van der Waals surface area contributed by atoms with Crippen LogP contribution in [0.5, 0.6) is 0 Å². The molecular formula is C47H29N3OS. The predicted octanol–water partition coefficient (Wildman–Crippen LogP) is 11.2. The number of fused-ring (bicyclic) bond motifs is 16. The Morgan fingerprint density at radius 1 is 0.577 bits per heavy atom. The van der Waals surface area contributed by atoms with Crippen LogP contribution >= 0.6 is 11.3 Å². The first kappa shape index (κ1) is 28.3. The van der Waals surface area contributed by atoms with Gasteiger partial charge < -0.3 is 9.32 Å². The van der Waals surface area contributed by atoms with Crippen molar-refractivity contribution < 1.29 is 4.42 Å². The zero-order valence-corrected chi connectivity index (χ0v) is 29.0. The minimum atomic E-state index is -0.416. The highest BCUT2D eigenvalue weighted by atomic mass is 32.1. The maximum absolute atomic E-state index is 6.68. The molecule has 0 aliphatic carbocycles. The zero-order valence-electron chi connectivity index (χ0n) is 28.2. The van der Waals surface area contributed by atoms with Crippen molar-refractivity contribution >= 4 is 102 Å². The van der Waals surface area contributed by atoms with Crippen LogP contribution in [0.3, 0.4) is 0 Å². The normalized spacial score (nSPS) is 14.9. The topological polar surface area (TPSA) is 33.7 Å². The van der Waals surface area contributed by atoms with Crippen molar-refractivity contribution in [1.82, 2.24) is 9.47 Å². The molecular weight excluding hydrogens is 655 g/mol. The predicted molar refractivity (Wildman–Crippen MR) is 218 cm³/mol. The Morgan fingerprint density at radius 3 is 2.13 bits per heavy atom. The fourth-order valence-corrected chi connectivity index (χ4v) is 10.2. The van der Waals surface area contributed by atoms with Gasteiger partial charge in [-0.1, -0.05) is 127 Å². The summed E-state index contributed by atoms with van der Waals surface area (Å²) >= 11 is 1.88. The summed E-state index contributed by atoms with van der Waals surface area (Å²) in [6, 6.07) is 54.9. The minimum Gasteiger partial charge on any atom is -0.438 e. The number of benzene rings is 8. The summed E-state index contributed by atoms with van der Waals surface area (Å²) in [4.78, 5) is 7.91. The van der Waals surface area contributed by atoms with E-state index in [0.717, 1.165) is 33.0 Å². The first-order valence-corrected chi connectivity index (χ1v) is 18.5. The van der Waals surface area contributed by atoms with Crippen LogP contribution in [0.1, 0.15) is 11.9 Å². The van der Waals surface area contributed by atoms with E-state index in [2.05, 4.69) is 162 Å². The second-order valence-electron chi connectivity index (χ2n) is 13.9. The third kappa shape index (κ3) is 3.68. The van der Waals surface area contributed by atoms with Crippen molar-refractivity contribution in [3.63, 3.8) is 0 Å². The number of hydrogen-bond donors (Lipinski definition) is 0. The number of hydrogen-bond acceptors (Lipinski definition) is 4. The Hall–Kier alpha value is -6.43. The molecule has 0 saturated carbocycles. The molecule has 1 unspecified atom stereocenters. The monoisotopic (exact) mass is 683 g/mol. The highest BCUT2D eigenvalue weighted by Gasteiger charge is 2.31. The number of furan rings is 1. The first-order valence-electron chi connectivity index (χ1n) is 17.7. The average molecular weight is 684 g/mol. The highest BCUT2D eigenvalue weighted by molar-refractivity contribution is 7.27. The van der Waals surface area contributed by atoms with E-state index >= 15 is 0 Å². The Kier molecular flexibility index (Phi) is 5.61. The van der Waals surface area contributed by atoms with E-state index < -0.39 is 6.29 Å². The highest BCUT2D eigenvalue weighted by Crippen LogP contribution is 2.48. The van der Waals surface area contributed by atoms with Crippen LogP contribution in [-0.2, 0) is 0 Å². The second kappa shape index (κ2) is 10.3. The van der Waals surface area contributed by atoms with Gasteiger partial charge in [-0.25, -0.2) is 4.99 Å². The maximum atomic E-state index is 6.68. The number of para-hydroxylation sites is 2. The van der Waals surface area contributed by atoms with Gasteiger partial charge in [0.2, 0.25) is 11.8 Å². The summed E-state index contributed by atoms with van der Waals surface area (Å²) in [5.74, 6) is 0. The van der Waals surface area contributed by atoms with E-state index in [0.29, 0.717) is 5.55 Å². The average Bonchev–Trinajstić information content (AvgIpc) is 3.87. The molecule has 3 aromatic heterocycles. The largest absolute Gasteiger partial charge is 0.438 e. The van der Waals surface area contributed by atoms with Crippen molar-refractivity contribution in [2.24, 2.45) is 4.99 Å². The van der Waals surface area contributed by atoms with Gasteiger partial charge in [0, 0.05) is 48.8 Å². The van der Waals surface area contributed by atoms with Crippen LogP contribution in [0, 0.1) is 0 Å². The number of thiophene rings is 1. The van der Waals surface area contributed by atoms with E-state index in [1.807, 2.05) is 17.4 Å². The second-order valence-corrected chi connectivity index (χ2v) is 14.9. The van der Waals surface area contributed by atoms with E-state index in [9.17, 15) is 0 Å². The lowest BCUT2D eigenvalue weighted by atomic mass is 9.98. The molecule has 1 aliphatic rings. The van der Waals surface area contributed by atoms with E-state index in [-0.39, 0.29) is 0 Å². The molecule has 12 rings (SSSR count). The van der Waals surface area contributed by atoms with Crippen LogP contribution in [0.15, 0.2) is 161 Å². The lowest BCUT2D eigenvalue weighted by Crippen LogP contribution is -2.41.